The minimum absolute atomic E-state index is 0.0170. The number of aliphatic hydroxyl groups is 1. The third kappa shape index (κ3) is 6.91. The van der Waals surface area contributed by atoms with Crippen LogP contribution in [0.5, 0.6) is 0 Å². The summed E-state index contributed by atoms with van der Waals surface area (Å²) in [7, 11) is 0. The predicted molar refractivity (Wildman–Crippen MR) is 79.8 cm³/mol. The van der Waals surface area contributed by atoms with Crippen molar-refractivity contribution in [1.82, 2.24) is 10.2 Å². The molecule has 2 amide bonds. The molecule has 6 heteroatoms. The SMILES string of the molecule is CC(=O)NCCCCCC(=O)N1CC(CO)OC(C)(C)C1. The normalized spacial score (nSPS) is 21.1. The fourth-order valence-corrected chi connectivity index (χ4v) is 2.58. The van der Waals surface area contributed by atoms with Crippen LogP contribution in [0.4, 0.5) is 0 Å². The van der Waals surface area contributed by atoms with Crippen molar-refractivity contribution in [2.24, 2.45) is 0 Å². The van der Waals surface area contributed by atoms with Gasteiger partial charge >= 0.3 is 0 Å². The molecule has 1 aliphatic heterocycles. The van der Waals surface area contributed by atoms with E-state index < -0.39 is 5.60 Å². The van der Waals surface area contributed by atoms with Gasteiger partial charge in [0.1, 0.15) is 0 Å². The number of hydrogen-bond donors (Lipinski definition) is 2. The van der Waals surface area contributed by atoms with E-state index in [1.807, 2.05) is 13.8 Å². The molecule has 1 saturated heterocycles. The fourth-order valence-electron chi connectivity index (χ4n) is 2.58. The zero-order valence-electron chi connectivity index (χ0n) is 13.4. The highest BCUT2D eigenvalue weighted by Crippen LogP contribution is 2.21. The topological polar surface area (TPSA) is 78.9 Å². The van der Waals surface area contributed by atoms with E-state index >= 15 is 0 Å². The van der Waals surface area contributed by atoms with Crippen LogP contribution in [0.3, 0.4) is 0 Å². The number of amides is 2. The minimum atomic E-state index is -0.410. The molecule has 0 saturated carbocycles. The van der Waals surface area contributed by atoms with Crippen molar-refractivity contribution in [2.45, 2.75) is 58.2 Å². The molecule has 1 fully saturated rings. The number of carbonyl (C=O) groups excluding carboxylic acids is 2. The van der Waals surface area contributed by atoms with Gasteiger partial charge in [0, 0.05) is 33.0 Å². The summed E-state index contributed by atoms with van der Waals surface area (Å²) >= 11 is 0. The van der Waals surface area contributed by atoms with Crippen molar-refractivity contribution in [3.63, 3.8) is 0 Å². The van der Waals surface area contributed by atoms with Crippen LogP contribution in [0.2, 0.25) is 0 Å². The molecule has 0 aromatic carbocycles. The third-order valence-electron chi connectivity index (χ3n) is 3.48. The van der Waals surface area contributed by atoms with Crippen molar-refractivity contribution in [3.05, 3.63) is 0 Å². The van der Waals surface area contributed by atoms with Crippen LogP contribution >= 0.6 is 0 Å². The molecule has 6 nitrogen and oxygen atoms in total. The third-order valence-corrected chi connectivity index (χ3v) is 3.48. The van der Waals surface area contributed by atoms with Gasteiger partial charge in [0.15, 0.2) is 0 Å². The lowest BCUT2D eigenvalue weighted by Crippen LogP contribution is -2.55. The highest BCUT2D eigenvalue weighted by atomic mass is 16.5. The molecular weight excluding hydrogens is 272 g/mol. The molecule has 1 aliphatic rings. The smallest absolute Gasteiger partial charge is 0.222 e. The lowest BCUT2D eigenvalue weighted by atomic mass is 10.0. The maximum atomic E-state index is 12.2. The number of unbranched alkanes of at least 4 members (excludes halogenated alkanes) is 2. The van der Waals surface area contributed by atoms with Gasteiger partial charge in [-0.25, -0.2) is 0 Å². The van der Waals surface area contributed by atoms with Gasteiger partial charge in [-0.2, -0.15) is 0 Å². The van der Waals surface area contributed by atoms with E-state index in [0.717, 1.165) is 19.3 Å². The van der Waals surface area contributed by atoms with Crippen LogP contribution in [-0.2, 0) is 14.3 Å². The molecular formula is C15H28N2O4. The first-order chi connectivity index (χ1) is 9.84. The Hall–Kier alpha value is -1.14. The van der Waals surface area contributed by atoms with E-state index in [-0.39, 0.29) is 24.5 Å². The predicted octanol–water partition coefficient (Wildman–Crippen LogP) is 0.681. The Labute approximate surface area is 126 Å². The van der Waals surface area contributed by atoms with Gasteiger partial charge in [-0.1, -0.05) is 6.42 Å². The second kappa shape index (κ2) is 8.34. The second-order valence-corrected chi connectivity index (χ2v) is 6.25. The summed E-state index contributed by atoms with van der Waals surface area (Å²) in [6, 6.07) is 0. The van der Waals surface area contributed by atoms with E-state index in [4.69, 9.17) is 4.74 Å². The van der Waals surface area contributed by atoms with Crippen molar-refractivity contribution < 1.29 is 19.4 Å². The maximum Gasteiger partial charge on any atom is 0.222 e. The summed E-state index contributed by atoms with van der Waals surface area (Å²) in [4.78, 5) is 24.7. The molecule has 21 heavy (non-hydrogen) atoms. The molecule has 0 aliphatic carbocycles. The zero-order valence-corrected chi connectivity index (χ0v) is 13.4. The molecule has 0 aromatic heterocycles. The summed E-state index contributed by atoms with van der Waals surface area (Å²) in [5.74, 6) is 0.0982. The average molecular weight is 300 g/mol. The monoisotopic (exact) mass is 300 g/mol. The Balaban J connectivity index is 2.26. The number of nitrogens with one attached hydrogen (secondary N) is 1. The van der Waals surface area contributed by atoms with E-state index in [1.54, 1.807) is 4.90 Å². The lowest BCUT2D eigenvalue weighted by Gasteiger charge is -2.42. The highest BCUT2D eigenvalue weighted by Gasteiger charge is 2.34. The highest BCUT2D eigenvalue weighted by molar-refractivity contribution is 5.76. The van der Waals surface area contributed by atoms with Crippen LogP contribution in [0.25, 0.3) is 0 Å². The lowest BCUT2D eigenvalue weighted by molar-refractivity contribution is -0.167. The molecule has 122 valence electrons. The Morgan fingerprint density at radius 3 is 2.67 bits per heavy atom. The van der Waals surface area contributed by atoms with Crippen molar-refractivity contribution in [2.75, 3.05) is 26.2 Å². The number of aliphatic hydroxyl groups excluding tert-OH is 1. The molecule has 0 spiro atoms. The van der Waals surface area contributed by atoms with E-state index in [0.29, 0.717) is 26.1 Å². The van der Waals surface area contributed by atoms with Gasteiger partial charge < -0.3 is 20.1 Å². The first-order valence-electron chi connectivity index (χ1n) is 7.65. The quantitative estimate of drug-likeness (QED) is 0.678. The van der Waals surface area contributed by atoms with Gasteiger partial charge in [0.25, 0.3) is 0 Å². The number of hydrogen-bond acceptors (Lipinski definition) is 4. The summed E-state index contributed by atoms with van der Waals surface area (Å²) in [5.41, 5.74) is -0.410. The Morgan fingerprint density at radius 2 is 2.05 bits per heavy atom. The van der Waals surface area contributed by atoms with E-state index in [9.17, 15) is 14.7 Å². The molecule has 1 heterocycles. The van der Waals surface area contributed by atoms with E-state index in [1.165, 1.54) is 6.92 Å². The van der Waals surface area contributed by atoms with Crippen molar-refractivity contribution in [1.29, 1.82) is 0 Å². The van der Waals surface area contributed by atoms with Crippen LogP contribution < -0.4 is 5.32 Å². The van der Waals surface area contributed by atoms with Gasteiger partial charge in [0.2, 0.25) is 11.8 Å². The Morgan fingerprint density at radius 1 is 1.33 bits per heavy atom. The first-order valence-corrected chi connectivity index (χ1v) is 7.65. The molecule has 1 atom stereocenters. The molecule has 0 bridgehead atoms. The average Bonchev–Trinajstić information content (AvgIpc) is 2.40. The number of ether oxygens (including phenoxy) is 1. The number of morpholine rings is 1. The molecule has 2 N–H and O–H groups in total. The largest absolute Gasteiger partial charge is 0.394 e. The zero-order chi connectivity index (χ0) is 15.9. The van der Waals surface area contributed by atoms with Crippen LogP contribution in [0, 0.1) is 0 Å². The Kier molecular flexibility index (Phi) is 7.11. The molecule has 0 aromatic rings. The van der Waals surface area contributed by atoms with Crippen LogP contribution in [0.1, 0.15) is 46.5 Å². The number of rotatable bonds is 7. The minimum Gasteiger partial charge on any atom is -0.394 e. The second-order valence-electron chi connectivity index (χ2n) is 6.25. The van der Waals surface area contributed by atoms with E-state index in [2.05, 4.69) is 5.32 Å². The van der Waals surface area contributed by atoms with Gasteiger partial charge in [0.05, 0.1) is 18.3 Å². The summed E-state index contributed by atoms with van der Waals surface area (Å²) < 4.78 is 5.70. The summed E-state index contributed by atoms with van der Waals surface area (Å²) in [5, 5.41) is 12.0. The number of carbonyl (C=O) groups is 2. The molecule has 0 radical (unpaired) electrons. The molecule has 1 rings (SSSR count). The summed E-state index contributed by atoms with van der Waals surface area (Å²) in [6.45, 7) is 7.00. The van der Waals surface area contributed by atoms with Gasteiger partial charge in [-0.05, 0) is 26.7 Å². The Bertz CT molecular complexity index is 358. The fraction of sp³-hybridized carbons (Fsp3) is 0.867. The van der Waals surface area contributed by atoms with Crippen molar-refractivity contribution >= 4 is 11.8 Å². The molecule has 1 unspecified atom stereocenters. The first kappa shape index (κ1) is 17.9. The van der Waals surface area contributed by atoms with Gasteiger partial charge in [-0.3, -0.25) is 9.59 Å². The van der Waals surface area contributed by atoms with Crippen LogP contribution in [0.15, 0.2) is 0 Å². The van der Waals surface area contributed by atoms with Crippen molar-refractivity contribution in [3.8, 4) is 0 Å². The summed E-state index contributed by atoms with van der Waals surface area (Å²) in [6.07, 6.45) is 2.84. The maximum absolute atomic E-state index is 12.2. The van der Waals surface area contributed by atoms with Crippen LogP contribution in [-0.4, -0.2) is 59.8 Å². The number of nitrogens with zero attached hydrogens (tertiary/aromatic N) is 1. The standard InChI is InChI=1S/C15H28N2O4/c1-12(19)16-8-6-4-5-7-14(20)17-9-13(10-18)21-15(2,3)11-17/h13,18H,4-11H2,1-3H3,(H,16,19). The van der Waals surface area contributed by atoms with Gasteiger partial charge in [-0.15, -0.1) is 0 Å².